The fourth-order valence-electron chi connectivity index (χ4n) is 3.49. The molecule has 5 heteroatoms. The molecule has 2 aromatic rings. The first-order chi connectivity index (χ1) is 11.8. The molecule has 1 heterocycles. The molecule has 0 spiro atoms. The Morgan fingerprint density at radius 3 is 2.38 bits per heavy atom. The first-order valence-corrected chi connectivity index (χ1v) is 9.38. The zero-order valence-electron chi connectivity index (χ0n) is 16.7. The number of hydrogen-bond acceptors (Lipinski definition) is 3. The topological polar surface area (TPSA) is 61.8 Å². The minimum atomic E-state index is -0.152. The molecule has 1 aliphatic carbocycles. The lowest BCUT2D eigenvalue weighted by Gasteiger charge is -2.46. The van der Waals surface area contributed by atoms with E-state index in [1.165, 1.54) is 0 Å². The number of benzene rings is 1. The van der Waals surface area contributed by atoms with Crippen molar-refractivity contribution >= 4 is 28.2 Å². The molecule has 1 aromatic heterocycles. The normalized spacial score (nSPS) is 22.1. The number of fused-ring (bicyclic) bond motifs is 1. The molecule has 0 aliphatic heterocycles. The predicted octanol–water partition coefficient (Wildman–Crippen LogP) is 6.31. The molecule has 1 aromatic carbocycles. The van der Waals surface area contributed by atoms with Gasteiger partial charge < -0.3 is 5.11 Å². The number of allylic oxidation sites excluding steroid dienone is 3. The minimum absolute atomic E-state index is 0.0135. The Bertz CT molecular complexity index is 925. The maximum atomic E-state index is 11.2. The van der Waals surface area contributed by atoms with Gasteiger partial charge in [-0.15, -0.1) is 5.10 Å². The van der Waals surface area contributed by atoms with Gasteiger partial charge in [-0.25, -0.2) is 0 Å². The lowest BCUT2D eigenvalue weighted by Crippen LogP contribution is -2.36. The van der Waals surface area contributed by atoms with Crippen LogP contribution >= 0.6 is 11.6 Å². The molecule has 0 bridgehead atoms. The second-order valence-corrected chi connectivity index (χ2v) is 10.0. The van der Waals surface area contributed by atoms with Crippen molar-refractivity contribution in [3.8, 4) is 0 Å². The van der Waals surface area contributed by atoms with Crippen LogP contribution in [0, 0.1) is 16.2 Å². The summed E-state index contributed by atoms with van der Waals surface area (Å²) in [6, 6.07) is 3.69. The van der Waals surface area contributed by atoms with E-state index in [0.717, 1.165) is 28.6 Å². The highest BCUT2D eigenvalue weighted by Crippen LogP contribution is 2.54. The van der Waals surface area contributed by atoms with Crippen LogP contribution in [0.15, 0.2) is 29.5 Å². The molecule has 1 unspecified atom stereocenters. The van der Waals surface area contributed by atoms with E-state index in [1.807, 2.05) is 12.1 Å². The van der Waals surface area contributed by atoms with Gasteiger partial charge in [-0.2, -0.15) is 0 Å². The summed E-state index contributed by atoms with van der Waals surface area (Å²) in [5.74, 6) is 0.316. The van der Waals surface area contributed by atoms with Crippen LogP contribution in [0.25, 0.3) is 16.6 Å². The Morgan fingerprint density at radius 1 is 1.15 bits per heavy atom. The van der Waals surface area contributed by atoms with E-state index in [2.05, 4.69) is 70.0 Å². The molecule has 0 saturated carbocycles. The molecule has 1 aliphatic rings. The summed E-state index contributed by atoms with van der Waals surface area (Å²) in [4.78, 5) is 0. The summed E-state index contributed by atoms with van der Waals surface area (Å²) in [7, 11) is 0. The van der Waals surface area contributed by atoms with E-state index in [-0.39, 0.29) is 16.2 Å². The highest BCUT2D eigenvalue weighted by atomic mass is 35.5. The minimum Gasteiger partial charge on any atom is -0.507 e. The number of nitrogens with one attached hydrogen (secondary N) is 1. The van der Waals surface area contributed by atoms with Crippen molar-refractivity contribution in [2.75, 3.05) is 0 Å². The molecule has 1 atom stereocenters. The van der Waals surface area contributed by atoms with Gasteiger partial charge in [0.05, 0.1) is 10.5 Å². The van der Waals surface area contributed by atoms with Crippen molar-refractivity contribution in [2.24, 2.45) is 16.2 Å². The zero-order chi connectivity index (χ0) is 19.5. The molecule has 0 fully saturated rings. The van der Waals surface area contributed by atoms with Crippen molar-refractivity contribution in [1.82, 2.24) is 15.4 Å². The number of halogens is 1. The van der Waals surface area contributed by atoms with Gasteiger partial charge in [-0.05, 0) is 40.4 Å². The van der Waals surface area contributed by atoms with Crippen LogP contribution in [0.2, 0.25) is 5.02 Å². The van der Waals surface area contributed by atoms with Crippen molar-refractivity contribution in [3.05, 3.63) is 40.1 Å². The molecule has 3 rings (SSSR count). The number of rotatable bonds is 1. The molecule has 140 valence electrons. The first kappa shape index (κ1) is 19.0. The Morgan fingerprint density at radius 2 is 1.81 bits per heavy atom. The SMILES string of the molecule is CC(C)(C)C1=C(O)C(c2c(Cl)ccc3[nH]nnc23)=CC(C)(C(C)(C)C)C1. The first-order valence-electron chi connectivity index (χ1n) is 9.00. The van der Waals surface area contributed by atoms with E-state index in [1.54, 1.807) is 0 Å². The van der Waals surface area contributed by atoms with Gasteiger partial charge in [0.25, 0.3) is 0 Å². The van der Waals surface area contributed by atoms with Crippen LogP contribution in [-0.2, 0) is 0 Å². The average Bonchev–Trinajstić information content (AvgIpc) is 2.96. The largest absolute Gasteiger partial charge is 0.507 e. The van der Waals surface area contributed by atoms with Crippen LogP contribution in [0.4, 0.5) is 0 Å². The number of aromatic amines is 1. The van der Waals surface area contributed by atoms with Gasteiger partial charge in [0, 0.05) is 11.1 Å². The lowest BCUT2D eigenvalue weighted by molar-refractivity contribution is 0.153. The van der Waals surface area contributed by atoms with E-state index in [9.17, 15) is 5.11 Å². The number of nitrogens with zero attached hydrogens (tertiary/aromatic N) is 2. The van der Waals surface area contributed by atoms with Crippen molar-refractivity contribution in [2.45, 2.75) is 54.9 Å². The monoisotopic (exact) mass is 373 g/mol. The standard InChI is InChI=1S/C21H28ClN3O/c1-19(2,3)13-11-21(7,20(4,5)6)10-12(18(13)26)16-14(22)8-9-15-17(16)24-25-23-15/h8-10,26H,11H2,1-7H3,(H,23,24,25). The highest BCUT2D eigenvalue weighted by Gasteiger charge is 2.43. The molecule has 0 amide bonds. The third kappa shape index (κ3) is 2.94. The summed E-state index contributed by atoms with van der Waals surface area (Å²) in [5.41, 5.74) is 3.76. The maximum absolute atomic E-state index is 11.2. The van der Waals surface area contributed by atoms with Crippen LogP contribution in [0.3, 0.4) is 0 Å². The van der Waals surface area contributed by atoms with Crippen LogP contribution in [-0.4, -0.2) is 20.5 Å². The summed E-state index contributed by atoms with van der Waals surface area (Å²) in [6.07, 6.45) is 2.98. The van der Waals surface area contributed by atoms with Gasteiger partial charge in [-0.3, -0.25) is 5.10 Å². The number of hydrogen-bond donors (Lipinski definition) is 2. The highest BCUT2D eigenvalue weighted by molar-refractivity contribution is 6.33. The fraction of sp³-hybridized carbons (Fsp3) is 0.524. The summed E-state index contributed by atoms with van der Waals surface area (Å²) >= 11 is 6.57. The maximum Gasteiger partial charge on any atom is 0.122 e. The second-order valence-electron chi connectivity index (χ2n) is 9.61. The van der Waals surface area contributed by atoms with E-state index >= 15 is 0 Å². The molecular weight excluding hydrogens is 346 g/mol. The summed E-state index contributed by atoms with van der Waals surface area (Å²) in [6.45, 7) is 15.4. The molecule has 26 heavy (non-hydrogen) atoms. The predicted molar refractivity (Wildman–Crippen MR) is 108 cm³/mol. The summed E-state index contributed by atoms with van der Waals surface area (Å²) in [5, 5.41) is 22.8. The fourth-order valence-corrected chi connectivity index (χ4v) is 3.74. The van der Waals surface area contributed by atoms with E-state index in [0.29, 0.717) is 16.3 Å². The van der Waals surface area contributed by atoms with Crippen molar-refractivity contribution in [3.63, 3.8) is 0 Å². The number of H-pyrrole nitrogens is 1. The Kier molecular flexibility index (Phi) is 4.27. The number of aromatic nitrogens is 3. The third-order valence-corrected chi connectivity index (χ3v) is 6.20. The number of aliphatic hydroxyl groups excluding tert-OH is 1. The van der Waals surface area contributed by atoms with Crippen LogP contribution < -0.4 is 0 Å². The van der Waals surface area contributed by atoms with E-state index < -0.39 is 0 Å². The van der Waals surface area contributed by atoms with Gasteiger partial charge in [0.15, 0.2) is 0 Å². The van der Waals surface area contributed by atoms with Gasteiger partial charge >= 0.3 is 0 Å². The molecule has 0 radical (unpaired) electrons. The van der Waals surface area contributed by atoms with Crippen molar-refractivity contribution < 1.29 is 5.11 Å². The third-order valence-electron chi connectivity index (χ3n) is 5.88. The summed E-state index contributed by atoms with van der Waals surface area (Å²) < 4.78 is 0. The Hall–Kier alpha value is -1.81. The zero-order valence-corrected chi connectivity index (χ0v) is 17.4. The Balaban J connectivity index is 2.36. The van der Waals surface area contributed by atoms with Gasteiger partial charge in [0.2, 0.25) is 0 Å². The second kappa shape index (κ2) is 5.85. The molecule has 2 N–H and O–H groups in total. The average molecular weight is 374 g/mol. The van der Waals surface area contributed by atoms with Crippen LogP contribution in [0.1, 0.15) is 60.5 Å². The molecule has 4 nitrogen and oxygen atoms in total. The van der Waals surface area contributed by atoms with Gasteiger partial charge in [-0.1, -0.05) is 71.4 Å². The molecular formula is C21H28ClN3O. The lowest BCUT2D eigenvalue weighted by atomic mass is 9.59. The Labute approximate surface area is 160 Å². The van der Waals surface area contributed by atoms with Crippen LogP contribution in [0.5, 0.6) is 0 Å². The number of aliphatic hydroxyl groups is 1. The smallest absolute Gasteiger partial charge is 0.122 e. The van der Waals surface area contributed by atoms with Crippen molar-refractivity contribution in [1.29, 1.82) is 0 Å². The quantitative estimate of drug-likeness (QED) is 0.615. The molecule has 0 saturated heterocycles. The van der Waals surface area contributed by atoms with E-state index in [4.69, 9.17) is 11.6 Å². The van der Waals surface area contributed by atoms with Gasteiger partial charge in [0.1, 0.15) is 11.3 Å².